The van der Waals surface area contributed by atoms with E-state index in [4.69, 9.17) is 10.9 Å². The van der Waals surface area contributed by atoms with Crippen LogP contribution >= 0.6 is 0 Å². The smallest absolute Gasteiger partial charge is 0.279 e. The van der Waals surface area contributed by atoms with E-state index in [-0.39, 0.29) is 23.8 Å². The molecule has 1 aliphatic carbocycles. The Morgan fingerprint density at radius 3 is 2.70 bits per heavy atom. The van der Waals surface area contributed by atoms with Crippen LogP contribution in [-0.2, 0) is 10.2 Å². The Morgan fingerprint density at radius 2 is 2.05 bits per heavy atom. The molecule has 3 unspecified atom stereocenters. The average molecular weight is 304 g/mol. The molecule has 0 aromatic heterocycles. The van der Waals surface area contributed by atoms with Gasteiger partial charge in [0.05, 0.1) is 0 Å². The second-order valence-corrected chi connectivity index (χ2v) is 7.40. The molecule has 1 saturated heterocycles. The normalized spacial score (nSPS) is 33.5. The number of nitrogens with zero attached hydrogens (tertiary/aromatic N) is 2. The molecule has 0 bridgehead atoms. The Labute approximate surface area is 120 Å². The standard InChI is InChI=1S/C12H24N4O3S/c1-9-5-2-3-8-16(9)20(18,19)15-11-7-4-6-10(11)12(13)14-17/h9-11,15,17H,2-8H2,1H3,(H2,13,14). The molecule has 2 aliphatic rings. The van der Waals surface area contributed by atoms with Gasteiger partial charge < -0.3 is 10.9 Å². The zero-order valence-corrected chi connectivity index (χ0v) is 12.6. The van der Waals surface area contributed by atoms with Crippen molar-refractivity contribution in [3.8, 4) is 0 Å². The quantitative estimate of drug-likeness (QED) is 0.306. The highest BCUT2D eigenvalue weighted by molar-refractivity contribution is 7.87. The number of hydrogen-bond donors (Lipinski definition) is 3. The van der Waals surface area contributed by atoms with Crippen molar-refractivity contribution in [2.75, 3.05) is 6.54 Å². The van der Waals surface area contributed by atoms with E-state index in [1.807, 2.05) is 6.92 Å². The molecule has 1 heterocycles. The van der Waals surface area contributed by atoms with Crippen molar-refractivity contribution in [3.05, 3.63) is 0 Å². The molecule has 0 amide bonds. The van der Waals surface area contributed by atoms with E-state index in [1.54, 1.807) is 0 Å². The van der Waals surface area contributed by atoms with Crippen LogP contribution in [0.25, 0.3) is 0 Å². The molecule has 2 fully saturated rings. The van der Waals surface area contributed by atoms with Gasteiger partial charge in [0.2, 0.25) is 0 Å². The largest absolute Gasteiger partial charge is 0.409 e. The lowest BCUT2D eigenvalue weighted by Gasteiger charge is -2.33. The van der Waals surface area contributed by atoms with E-state index in [2.05, 4.69) is 9.88 Å². The third-order valence-corrected chi connectivity index (χ3v) is 6.12. The summed E-state index contributed by atoms with van der Waals surface area (Å²) in [6, 6.07) is -0.241. The Balaban J connectivity index is 2.07. The molecule has 7 nitrogen and oxygen atoms in total. The summed E-state index contributed by atoms with van der Waals surface area (Å²) < 4.78 is 29.2. The van der Waals surface area contributed by atoms with Crippen molar-refractivity contribution in [1.82, 2.24) is 9.03 Å². The van der Waals surface area contributed by atoms with Gasteiger partial charge in [0.1, 0.15) is 5.84 Å². The van der Waals surface area contributed by atoms with Crippen molar-refractivity contribution < 1.29 is 13.6 Å². The van der Waals surface area contributed by atoms with Gasteiger partial charge in [-0.15, -0.1) is 0 Å². The predicted octanol–water partition coefficient (Wildman–Crippen LogP) is 0.610. The van der Waals surface area contributed by atoms with Crippen molar-refractivity contribution in [2.24, 2.45) is 16.8 Å². The van der Waals surface area contributed by atoms with Gasteiger partial charge in [-0.3, -0.25) is 0 Å². The van der Waals surface area contributed by atoms with Gasteiger partial charge in [-0.1, -0.05) is 18.0 Å². The van der Waals surface area contributed by atoms with Crippen LogP contribution in [0.15, 0.2) is 5.16 Å². The molecule has 0 radical (unpaired) electrons. The van der Waals surface area contributed by atoms with E-state index in [1.165, 1.54) is 4.31 Å². The minimum absolute atomic E-state index is 0.0324. The Hall–Kier alpha value is -0.860. The number of amidine groups is 1. The first kappa shape index (κ1) is 15.5. The van der Waals surface area contributed by atoms with E-state index >= 15 is 0 Å². The first-order valence-corrected chi connectivity index (χ1v) is 8.66. The molecular formula is C12H24N4O3S. The van der Waals surface area contributed by atoms with Gasteiger partial charge in [0.25, 0.3) is 10.2 Å². The molecule has 20 heavy (non-hydrogen) atoms. The highest BCUT2D eigenvalue weighted by Crippen LogP contribution is 2.28. The second-order valence-electron chi connectivity index (χ2n) is 5.75. The highest BCUT2D eigenvalue weighted by atomic mass is 32.2. The van der Waals surface area contributed by atoms with Gasteiger partial charge in [-0.2, -0.15) is 17.4 Å². The summed E-state index contributed by atoms with van der Waals surface area (Å²) in [4.78, 5) is 0. The van der Waals surface area contributed by atoms with Gasteiger partial charge in [-0.25, -0.2) is 0 Å². The van der Waals surface area contributed by atoms with Crippen LogP contribution in [-0.4, -0.2) is 42.4 Å². The lowest BCUT2D eigenvalue weighted by molar-refractivity contribution is 0.262. The number of nitrogens with two attached hydrogens (primary N) is 1. The fourth-order valence-electron chi connectivity index (χ4n) is 3.22. The molecule has 1 saturated carbocycles. The van der Waals surface area contributed by atoms with Crippen LogP contribution in [0.2, 0.25) is 0 Å². The zero-order valence-electron chi connectivity index (χ0n) is 11.8. The van der Waals surface area contributed by atoms with Crippen LogP contribution in [0.5, 0.6) is 0 Å². The summed E-state index contributed by atoms with van der Waals surface area (Å²) in [6.07, 6.45) is 5.22. The minimum Gasteiger partial charge on any atom is -0.409 e. The van der Waals surface area contributed by atoms with E-state index in [0.717, 1.165) is 38.5 Å². The molecule has 8 heteroatoms. The molecule has 3 atom stereocenters. The maximum absolute atomic E-state index is 12.5. The number of rotatable bonds is 4. The summed E-state index contributed by atoms with van der Waals surface area (Å²) in [5, 5.41) is 11.8. The Kier molecular flexibility index (Phi) is 4.87. The zero-order chi connectivity index (χ0) is 14.8. The average Bonchev–Trinajstić information content (AvgIpc) is 2.85. The fraction of sp³-hybridized carbons (Fsp3) is 0.917. The van der Waals surface area contributed by atoms with Crippen molar-refractivity contribution in [3.63, 3.8) is 0 Å². The van der Waals surface area contributed by atoms with Crippen molar-refractivity contribution >= 4 is 16.0 Å². The molecule has 2 rings (SSSR count). The first-order chi connectivity index (χ1) is 9.45. The van der Waals surface area contributed by atoms with E-state index in [9.17, 15) is 8.42 Å². The molecule has 1 aliphatic heterocycles. The highest BCUT2D eigenvalue weighted by Gasteiger charge is 2.37. The minimum atomic E-state index is -3.50. The lowest BCUT2D eigenvalue weighted by Crippen LogP contribution is -2.52. The summed E-state index contributed by atoms with van der Waals surface area (Å²) in [7, 11) is -3.50. The monoisotopic (exact) mass is 304 g/mol. The fourth-order valence-corrected chi connectivity index (χ4v) is 4.97. The van der Waals surface area contributed by atoms with E-state index < -0.39 is 10.2 Å². The van der Waals surface area contributed by atoms with Crippen LogP contribution < -0.4 is 10.5 Å². The molecule has 4 N–H and O–H groups in total. The molecular weight excluding hydrogens is 280 g/mol. The number of oxime groups is 1. The number of piperidine rings is 1. The summed E-state index contributed by atoms with van der Waals surface area (Å²) in [6.45, 7) is 2.51. The Morgan fingerprint density at radius 1 is 1.30 bits per heavy atom. The molecule has 0 aromatic carbocycles. The summed E-state index contributed by atoms with van der Waals surface area (Å²) in [5.74, 6) is -0.100. The molecule has 116 valence electrons. The van der Waals surface area contributed by atoms with Crippen molar-refractivity contribution in [1.29, 1.82) is 0 Å². The van der Waals surface area contributed by atoms with E-state index in [0.29, 0.717) is 6.54 Å². The van der Waals surface area contributed by atoms with Crippen LogP contribution in [0, 0.1) is 5.92 Å². The SMILES string of the molecule is CC1CCCCN1S(=O)(=O)NC1CCCC1C(N)=NO. The summed E-state index contributed by atoms with van der Waals surface area (Å²) >= 11 is 0. The van der Waals surface area contributed by atoms with Gasteiger partial charge >= 0.3 is 0 Å². The third-order valence-electron chi connectivity index (χ3n) is 4.36. The van der Waals surface area contributed by atoms with Crippen LogP contribution in [0.3, 0.4) is 0 Å². The van der Waals surface area contributed by atoms with Gasteiger partial charge in [0, 0.05) is 24.5 Å². The van der Waals surface area contributed by atoms with Crippen LogP contribution in [0.1, 0.15) is 45.4 Å². The third kappa shape index (κ3) is 3.24. The maximum atomic E-state index is 12.5. The topological polar surface area (TPSA) is 108 Å². The predicted molar refractivity (Wildman–Crippen MR) is 76.6 cm³/mol. The maximum Gasteiger partial charge on any atom is 0.279 e. The molecule has 0 aromatic rings. The first-order valence-electron chi connectivity index (χ1n) is 7.22. The second kappa shape index (κ2) is 6.28. The molecule has 0 spiro atoms. The Bertz CT molecular complexity index is 465. The van der Waals surface area contributed by atoms with Gasteiger partial charge in [0.15, 0.2) is 0 Å². The lowest BCUT2D eigenvalue weighted by atomic mass is 10.0. The van der Waals surface area contributed by atoms with Gasteiger partial charge in [-0.05, 0) is 32.6 Å². The summed E-state index contributed by atoms with van der Waals surface area (Å²) in [5.41, 5.74) is 5.64. The number of hydrogen-bond acceptors (Lipinski definition) is 4. The van der Waals surface area contributed by atoms with Crippen molar-refractivity contribution in [2.45, 2.75) is 57.5 Å². The number of nitrogens with one attached hydrogen (secondary N) is 1. The van der Waals surface area contributed by atoms with Crippen LogP contribution in [0.4, 0.5) is 0 Å².